The zero-order chi connectivity index (χ0) is 24.2. The highest BCUT2D eigenvalue weighted by Gasteiger charge is 2.14. The second kappa shape index (κ2) is 9.60. The lowest BCUT2D eigenvalue weighted by molar-refractivity contribution is -0.111. The number of hydrogen-bond acceptors (Lipinski definition) is 7. The van der Waals surface area contributed by atoms with Crippen LogP contribution in [0.15, 0.2) is 72.9 Å². The van der Waals surface area contributed by atoms with Crippen LogP contribution < -0.4 is 24.3 Å². The van der Waals surface area contributed by atoms with Gasteiger partial charge >= 0.3 is 0 Å². The molecule has 0 radical (unpaired) electrons. The Bertz CT molecular complexity index is 1400. The molecule has 2 heterocycles. The predicted octanol–water partition coefficient (Wildman–Crippen LogP) is 4.33. The van der Waals surface area contributed by atoms with Gasteiger partial charge in [0.2, 0.25) is 12.7 Å². The van der Waals surface area contributed by atoms with Gasteiger partial charge in [0.05, 0.1) is 31.8 Å². The Labute approximate surface area is 201 Å². The molecule has 1 aliphatic heterocycles. The molecule has 176 valence electrons. The molecule has 0 atom stereocenters. The number of anilines is 1. The molecular weight excluding hydrogens is 448 g/mol. The quantitative estimate of drug-likeness (QED) is 0.402. The van der Waals surface area contributed by atoms with Gasteiger partial charge < -0.3 is 24.3 Å². The summed E-state index contributed by atoms with van der Waals surface area (Å²) in [4.78, 5) is 12.4. The first-order chi connectivity index (χ1) is 17.1. The monoisotopic (exact) mass is 470 g/mol. The molecule has 5 rings (SSSR count). The van der Waals surface area contributed by atoms with Crippen LogP contribution in [-0.4, -0.2) is 41.9 Å². The van der Waals surface area contributed by atoms with Gasteiger partial charge in [-0.3, -0.25) is 4.79 Å². The molecule has 4 aromatic rings. The Morgan fingerprint density at radius 3 is 2.57 bits per heavy atom. The van der Waals surface area contributed by atoms with Gasteiger partial charge in [0.1, 0.15) is 0 Å². The third-order valence-electron chi connectivity index (χ3n) is 5.43. The van der Waals surface area contributed by atoms with Gasteiger partial charge in [-0.2, -0.15) is 0 Å². The summed E-state index contributed by atoms with van der Waals surface area (Å²) < 4.78 is 23.1. The molecule has 1 aliphatic rings. The van der Waals surface area contributed by atoms with Gasteiger partial charge in [-0.25, -0.2) is 4.68 Å². The number of aromatic nitrogens is 3. The molecule has 0 bridgehead atoms. The average Bonchev–Trinajstić information content (AvgIpc) is 3.57. The third kappa shape index (κ3) is 4.65. The van der Waals surface area contributed by atoms with Crippen molar-refractivity contribution in [3.8, 4) is 39.9 Å². The van der Waals surface area contributed by atoms with E-state index < -0.39 is 0 Å². The van der Waals surface area contributed by atoms with Gasteiger partial charge in [0, 0.05) is 17.3 Å². The molecule has 35 heavy (non-hydrogen) atoms. The molecule has 0 fully saturated rings. The lowest BCUT2D eigenvalue weighted by Gasteiger charge is -2.11. The third-order valence-corrected chi connectivity index (χ3v) is 5.43. The first-order valence-corrected chi connectivity index (χ1v) is 10.8. The van der Waals surface area contributed by atoms with Gasteiger partial charge in [-0.05, 0) is 66.2 Å². The Morgan fingerprint density at radius 1 is 0.971 bits per heavy atom. The molecule has 0 saturated carbocycles. The van der Waals surface area contributed by atoms with Crippen molar-refractivity contribution in [3.63, 3.8) is 0 Å². The SMILES string of the molecule is COc1ccc(-c2cnnn2-c2ccc(NC(=O)C=Cc3ccc4c(c3)OCO4)cc2)cc1OC. The van der Waals surface area contributed by atoms with Crippen molar-refractivity contribution in [3.05, 3.63) is 78.5 Å². The Hall–Kier alpha value is -4.79. The molecule has 0 saturated heterocycles. The summed E-state index contributed by atoms with van der Waals surface area (Å²) in [7, 11) is 3.19. The van der Waals surface area contributed by atoms with Crippen LogP contribution in [0.25, 0.3) is 23.0 Å². The van der Waals surface area contributed by atoms with Gasteiger partial charge in [-0.15, -0.1) is 5.10 Å². The summed E-state index contributed by atoms with van der Waals surface area (Å²) in [6, 6.07) is 18.5. The number of amides is 1. The summed E-state index contributed by atoms with van der Waals surface area (Å²) in [5, 5.41) is 11.1. The maximum absolute atomic E-state index is 12.4. The Kier molecular flexibility index (Phi) is 6.04. The van der Waals surface area contributed by atoms with E-state index in [9.17, 15) is 4.79 Å². The van der Waals surface area contributed by atoms with Crippen molar-refractivity contribution >= 4 is 17.7 Å². The minimum absolute atomic E-state index is 0.212. The largest absolute Gasteiger partial charge is 0.493 e. The van der Waals surface area contributed by atoms with Gasteiger partial charge in [0.25, 0.3) is 0 Å². The number of carbonyl (C=O) groups excluding carboxylic acids is 1. The van der Waals surface area contributed by atoms with Crippen molar-refractivity contribution in [1.29, 1.82) is 0 Å². The van der Waals surface area contributed by atoms with E-state index in [2.05, 4.69) is 15.6 Å². The highest BCUT2D eigenvalue weighted by Crippen LogP contribution is 2.34. The summed E-state index contributed by atoms with van der Waals surface area (Å²) in [5.74, 6) is 2.38. The molecule has 0 spiro atoms. The van der Waals surface area contributed by atoms with Crippen molar-refractivity contribution in [1.82, 2.24) is 15.0 Å². The van der Waals surface area contributed by atoms with Gasteiger partial charge in [-0.1, -0.05) is 11.3 Å². The Balaban J connectivity index is 1.28. The van der Waals surface area contributed by atoms with Crippen molar-refractivity contribution in [2.24, 2.45) is 0 Å². The zero-order valence-electron chi connectivity index (χ0n) is 19.1. The van der Waals surface area contributed by atoms with E-state index in [0.29, 0.717) is 28.7 Å². The summed E-state index contributed by atoms with van der Waals surface area (Å²) in [5.41, 5.74) is 3.95. The van der Waals surface area contributed by atoms with Crippen LogP contribution >= 0.6 is 0 Å². The lowest BCUT2D eigenvalue weighted by Crippen LogP contribution is -2.08. The molecule has 0 aliphatic carbocycles. The number of nitrogens with one attached hydrogen (secondary N) is 1. The number of nitrogens with zero attached hydrogens (tertiary/aromatic N) is 3. The Morgan fingerprint density at radius 2 is 1.77 bits per heavy atom. The van der Waals surface area contributed by atoms with Crippen LogP contribution in [0.1, 0.15) is 5.56 Å². The number of benzene rings is 3. The molecule has 1 amide bonds. The number of hydrogen-bond donors (Lipinski definition) is 1. The first-order valence-electron chi connectivity index (χ1n) is 10.8. The fourth-order valence-electron chi connectivity index (χ4n) is 3.68. The van der Waals surface area contributed by atoms with Crippen LogP contribution in [-0.2, 0) is 4.79 Å². The first kappa shape index (κ1) is 22.0. The standard InChI is InChI=1S/C26H22N4O5/c1-32-22-11-5-18(14-24(22)33-2)21-15-27-29-30(21)20-8-6-19(7-9-20)28-26(31)12-4-17-3-10-23-25(13-17)35-16-34-23/h3-15H,16H2,1-2H3,(H,28,31). The molecular formula is C26H22N4O5. The molecule has 9 nitrogen and oxygen atoms in total. The van der Waals surface area contributed by atoms with E-state index >= 15 is 0 Å². The fraction of sp³-hybridized carbons (Fsp3) is 0.115. The minimum atomic E-state index is -0.248. The van der Waals surface area contributed by atoms with E-state index in [1.54, 1.807) is 31.2 Å². The predicted molar refractivity (Wildman–Crippen MR) is 130 cm³/mol. The topological polar surface area (TPSA) is 96.7 Å². The second-order valence-electron chi connectivity index (χ2n) is 7.58. The van der Waals surface area contributed by atoms with Crippen LogP contribution in [0.2, 0.25) is 0 Å². The smallest absolute Gasteiger partial charge is 0.248 e. The summed E-state index contributed by atoms with van der Waals surface area (Å²) >= 11 is 0. The van der Waals surface area contributed by atoms with Crippen molar-refractivity contribution < 1.29 is 23.7 Å². The highest BCUT2D eigenvalue weighted by atomic mass is 16.7. The van der Waals surface area contributed by atoms with E-state index in [1.165, 1.54) is 6.08 Å². The maximum atomic E-state index is 12.4. The van der Waals surface area contributed by atoms with E-state index in [0.717, 1.165) is 22.5 Å². The van der Waals surface area contributed by atoms with Crippen LogP contribution in [0.3, 0.4) is 0 Å². The molecule has 3 aromatic carbocycles. The average molecular weight is 470 g/mol. The summed E-state index contributed by atoms with van der Waals surface area (Å²) in [6.07, 6.45) is 4.87. The van der Waals surface area contributed by atoms with E-state index in [-0.39, 0.29) is 12.7 Å². The number of fused-ring (bicyclic) bond motifs is 1. The van der Waals surface area contributed by atoms with Crippen LogP contribution in [0.5, 0.6) is 23.0 Å². The normalized spacial score (nSPS) is 12.1. The lowest BCUT2D eigenvalue weighted by atomic mass is 10.1. The number of methoxy groups -OCH3 is 2. The maximum Gasteiger partial charge on any atom is 0.248 e. The number of carbonyl (C=O) groups is 1. The number of ether oxygens (including phenoxy) is 4. The van der Waals surface area contributed by atoms with Crippen LogP contribution in [0.4, 0.5) is 5.69 Å². The fourth-order valence-corrected chi connectivity index (χ4v) is 3.68. The van der Waals surface area contributed by atoms with E-state index in [1.807, 2.05) is 60.7 Å². The minimum Gasteiger partial charge on any atom is -0.493 e. The van der Waals surface area contributed by atoms with E-state index in [4.69, 9.17) is 18.9 Å². The van der Waals surface area contributed by atoms with Crippen molar-refractivity contribution in [2.45, 2.75) is 0 Å². The highest BCUT2D eigenvalue weighted by molar-refractivity contribution is 6.02. The second-order valence-corrected chi connectivity index (χ2v) is 7.58. The summed E-state index contributed by atoms with van der Waals surface area (Å²) in [6.45, 7) is 0.212. The molecule has 1 aromatic heterocycles. The molecule has 0 unspecified atom stereocenters. The number of rotatable bonds is 7. The van der Waals surface area contributed by atoms with Crippen LogP contribution in [0, 0.1) is 0 Å². The molecule has 1 N–H and O–H groups in total. The molecule has 9 heteroatoms. The van der Waals surface area contributed by atoms with Crippen molar-refractivity contribution in [2.75, 3.05) is 26.3 Å². The van der Waals surface area contributed by atoms with Gasteiger partial charge in [0.15, 0.2) is 23.0 Å². The zero-order valence-corrected chi connectivity index (χ0v) is 19.1.